The first-order valence-electron chi connectivity index (χ1n) is 9.32. The van der Waals surface area contributed by atoms with Crippen molar-refractivity contribution in [2.45, 2.75) is 116 Å². The van der Waals surface area contributed by atoms with Crippen molar-refractivity contribution in [1.82, 2.24) is 0 Å². The zero-order valence-electron chi connectivity index (χ0n) is 14.4. The lowest BCUT2D eigenvalue weighted by atomic mass is 10.0. The van der Waals surface area contributed by atoms with E-state index in [0.717, 1.165) is 19.3 Å². The minimum atomic E-state index is -0.359. The zero-order valence-corrected chi connectivity index (χ0v) is 14.4. The highest BCUT2D eigenvalue weighted by atomic mass is 16.6. The van der Waals surface area contributed by atoms with Gasteiger partial charge in [0.15, 0.2) is 0 Å². The highest BCUT2D eigenvalue weighted by Crippen LogP contribution is 2.13. The van der Waals surface area contributed by atoms with Gasteiger partial charge in [-0.05, 0) is 6.42 Å². The summed E-state index contributed by atoms with van der Waals surface area (Å²) in [7, 11) is 0. The molecule has 0 spiro atoms. The van der Waals surface area contributed by atoms with Crippen LogP contribution in [0.1, 0.15) is 110 Å². The molecular formula is C18H37NO2. The normalized spacial score (nSPS) is 12.5. The van der Waals surface area contributed by atoms with Crippen molar-refractivity contribution in [3.63, 3.8) is 0 Å². The first-order valence-corrected chi connectivity index (χ1v) is 9.32. The highest BCUT2D eigenvalue weighted by Gasteiger charge is 2.10. The molecule has 0 amide bonds. The van der Waals surface area contributed by atoms with Crippen LogP contribution >= 0.6 is 0 Å². The van der Waals surface area contributed by atoms with Crippen molar-refractivity contribution < 1.29 is 4.92 Å². The Kier molecular flexibility index (Phi) is 15.3. The Morgan fingerprint density at radius 2 is 1.05 bits per heavy atom. The summed E-state index contributed by atoms with van der Waals surface area (Å²) in [6.45, 7) is 3.98. The van der Waals surface area contributed by atoms with Gasteiger partial charge in [-0.15, -0.1) is 0 Å². The molecular weight excluding hydrogens is 262 g/mol. The lowest BCUT2D eigenvalue weighted by molar-refractivity contribution is -0.519. The molecule has 0 saturated heterocycles. The first-order chi connectivity index (χ1) is 10.2. The minimum Gasteiger partial charge on any atom is -0.264 e. The molecule has 0 aliphatic heterocycles. The predicted molar refractivity (Wildman–Crippen MR) is 91.4 cm³/mol. The molecule has 0 heterocycles. The van der Waals surface area contributed by atoms with Gasteiger partial charge in [0, 0.05) is 18.3 Å². The largest absolute Gasteiger partial charge is 0.264 e. The van der Waals surface area contributed by atoms with Crippen LogP contribution in [0.25, 0.3) is 0 Å². The molecule has 0 aromatic carbocycles. The molecule has 3 nitrogen and oxygen atoms in total. The Balaban J connectivity index is 3.04. The number of unbranched alkanes of at least 4 members (excludes halogenated alkanes) is 13. The van der Waals surface area contributed by atoms with Crippen LogP contribution in [0.5, 0.6) is 0 Å². The summed E-state index contributed by atoms with van der Waals surface area (Å²) in [5, 5.41) is 10.5. The van der Waals surface area contributed by atoms with Crippen LogP contribution in [0.2, 0.25) is 0 Å². The summed E-state index contributed by atoms with van der Waals surface area (Å²) in [5.74, 6) is 0. The Hall–Kier alpha value is -0.600. The SMILES string of the molecule is CCCCCCCCCCCCCCCCC(C)[N+](=O)[O-]. The lowest BCUT2D eigenvalue weighted by Gasteiger charge is -2.04. The Labute approximate surface area is 132 Å². The van der Waals surface area contributed by atoms with E-state index < -0.39 is 0 Å². The van der Waals surface area contributed by atoms with Gasteiger partial charge < -0.3 is 0 Å². The van der Waals surface area contributed by atoms with Gasteiger partial charge in [-0.3, -0.25) is 10.1 Å². The molecule has 0 aromatic heterocycles. The second kappa shape index (κ2) is 15.8. The van der Waals surface area contributed by atoms with E-state index in [2.05, 4.69) is 6.92 Å². The molecule has 0 bridgehead atoms. The molecule has 0 aliphatic rings. The van der Waals surface area contributed by atoms with Crippen molar-refractivity contribution in [2.75, 3.05) is 0 Å². The summed E-state index contributed by atoms with van der Waals surface area (Å²) < 4.78 is 0. The van der Waals surface area contributed by atoms with Crippen LogP contribution in [0.4, 0.5) is 0 Å². The van der Waals surface area contributed by atoms with E-state index in [1.807, 2.05) is 0 Å². The lowest BCUT2D eigenvalue weighted by Crippen LogP contribution is -2.14. The van der Waals surface area contributed by atoms with Gasteiger partial charge in [0.25, 0.3) is 0 Å². The maximum Gasteiger partial charge on any atom is 0.210 e. The van der Waals surface area contributed by atoms with Gasteiger partial charge in [0.1, 0.15) is 0 Å². The van der Waals surface area contributed by atoms with E-state index >= 15 is 0 Å². The van der Waals surface area contributed by atoms with Gasteiger partial charge in [0.2, 0.25) is 6.04 Å². The van der Waals surface area contributed by atoms with E-state index in [0.29, 0.717) is 0 Å². The third kappa shape index (κ3) is 15.6. The molecule has 1 unspecified atom stereocenters. The molecule has 0 N–H and O–H groups in total. The average molecular weight is 299 g/mol. The zero-order chi connectivity index (χ0) is 15.8. The van der Waals surface area contributed by atoms with Crippen LogP contribution in [-0.2, 0) is 0 Å². The van der Waals surface area contributed by atoms with Crippen LogP contribution < -0.4 is 0 Å². The van der Waals surface area contributed by atoms with Crippen molar-refractivity contribution in [3.8, 4) is 0 Å². The fraction of sp³-hybridized carbons (Fsp3) is 1.00. The Morgan fingerprint density at radius 3 is 1.38 bits per heavy atom. The molecule has 126 valence electrons. The third-order valence-electron chi connectivity index (χ3n) is 4.34. The molecule has 0 aromatic rings. The van der Waals surface area contributed by atoms with Gasteiger partial charge in [-0.25, -0.2) is 0 Å². The van der Waals surface area contributed by atoms with Crippen LogP contribution in [0.15, 0.2) is 0 Å². The highest BCUT2D eigenvalue weighted by molar-refractivity contribution is 4.52. The quantitative estimate of drug-likeness (QED) is 0.185. The summed E-state index contributed by atoms with van der Waals surface area (Å²) in [5.41, 5.74) is 0. The van der Waals surface area contributed by atoms with Gasteiger partial charge >= 0.3 is 0 Å². The number of nitro groups is 1. The maximum absolute atomic E-state index is 10.5. The fourth-order valence-corrected chi connectivity index (χ4v) is 2.74. The molecule has 0 aliphatic carbocycles. The first kappa shape index (κ1) is 20.4. The molecule has 0 rings (SSSR count). The second-order valence-electron chi connectivity index (χ2n) is 6.52. The fourth-order valence-electron chi connectivity index (χ4n) is 2.74. The van der Waals surface area contributed by atoms with Crippen molar-refractivity contribution in [3.05, 3.63) is 10.1 Å². The van der Waals surface area contributed by atoms with E-state index in [1.54, 1.807) is 6.92 Å². The van der Waals surface area contributed by atoms with Crippen LogP contribution in [0, 0.1) is 10.1 Å². The van der Waals surface area contributed by atoms with Gasteiger partial charge in [-0.1, -0.05) is 90.4 Å². The minimum absolute atomic E-state index is 0.164. The monoisotopic (exact) mass is 299 g/mol. The smallest absolute Gasteiger partial charge is 0.210 e. The van der Waals surface area contributed by atoms with Crippen LogP contribution in [-0.4, -0.2) is 11.0 Å². The summed E-state index contributed by atoms with van der Waals surface area (Å²) in [6.07, 6.45) is 19.4. The molecule has 3 heteroatoms. The molecule has 0 fully saturated rings. The summed E-state index contributed by atoms with van der Waals surface area (Å²) in [6, 6.07) is -0.359. The second-order valence-corrected chi connectivity index (χ2v) is 6.52. The van der Waals surface area contributed by atoms with Crippen molar-refractivity contribution >= 4 is 0 Å². The van der Waals surface area contributed by atoms with E-state index in [1.165, 1.54) is 77.0 Å². The number of hydrogen-bond acceptors (Lipinski definition) is 2. The van der Waals surface area contributed by atoms with Crippen molar-refractivity contribution in [1.29, 1.82) is 0 Å². The standard InChI is InChI=1S/C18H37NO2/c1-3-4-5-6-7-8-9-10-11-12-13-14-15-16-17-18(2)19(20)21/h18H,3-17H2,1-2H3. The summed E-state index contributed by atoms with van der Waals surface area (Å²) in [4.78, 5) is 10.3. The predicted octanol–water partition coefficient (Wildman–Crippen LogP) is 6.52. The maximum atomic E-state index is 10.5. The van der Waals surface area contributed by atoms with Gasteiger partial charge in [0.05, 0.1) is 0 Å². The molecule has 0 saturated carbocycles. The van der Waals surface area contributed by atoms with Gasteiger partial charge in [-0.2, -0.15) is 0 Å². The van der Waals surface area contributed by atoms with E-state index in [4.69, 9.17) is 0 Å². The Morgan fingerprint density at radius 1 is 0.714 bits per heavy atom. The number of rotatable bonds is 16. The number of nitrogens with zero attached hydrogens (tertiary/aromatic N) is 1. The number of hydrogen-bond donors (Lipinski definition) is 0. The topological polar surface area (TPSA) is 43.1 Å². The average Bonchev–Trinajstić information content (AvgIpc) is 2.47. The van der Waals surface area contributed by atoms with Crippen molar-refractivity contribution in [2.24, 2.45) is 0 Å². The van der Waals surface area contributed by atoms with Crippen LogP contribution in [0.3, 0.4) is 0 Å². The third-order valence-corrected chi connectivity index (χ3v) is 4.34. The van der Waals surface area contributed by atoms with E-state index in [-0.39, 0.29) is 11.0 Å². The summed E-state index contributed by atoms with van der Waals surface area (Å²) >= 11 is 0. The molecule has 0 radical (unpaired) electrons. The molecule has 1 atom stereocenters. The Bertz CT molecular complexity index is 231. The molecule has 21 heavy (non-hydrogen) atoms. The van der Waals surface area contributed by atoms with E-state index in [9.17, 15) is 10.1 Å².